The molecular formula is C29H37FN4O5. The number of carbonyl (C=O) groups is 2. The van der Waals surface area contributed by atoms with E-state index in [4.69, 9.17) is 14.3 Å². The van der Waals surface area contributed by atoms with Gasteiger partial charge in [-0.15, -0.1) is 0 Å². The summed E-state index contributed by atoms with van der Waals surface area (Å²) in [6, 6.07) is 10.0. The van der Waals surface area contributed by atoms with Gasteiger partial charge in [-0.25, -0.2) is 24.5 Å². The molecule has 2 amide bonds. The van der Waals surface area contributed by atoms with Crippen molar-refractivity contribution in [2.24, 2.45) is 0 Å². The zero-order valence-corrected chi connectivity index (χ0v) is 22.8. The predicted octanol–water partition coefficient (Wildman–Crippen LogP) is 4.82. The molecule has 1 unspecified atom stereocenters. The van der Waals surface area contributed by atoms with Gasteiger partial charge in [0.05, 0.1) is 6.04 Å². The first-order valence-corrected chi connectivity index (χ1v) is 13.4. The third-order valence-electron chi connectivity index (χ3n) is 6.43. The number of hydrogen-bond donors (Lipinski definition) is 1. The molecule has 0 spiro atoms. The quantitative estimate of drug-likeness (QED) is 0.379. The molecule has 0 saturated carbocycles. The van der Waals surface area contributed by atoms with Gasteiger partial charge in [0.15, 0.2) is 6.29 Å². The fourth-order valence-corrected chi connectivity index (χ4v) is 4.55. The van der Waals surface area contributed by atoms with Crippen LogP contribution in [-0.4, -0.2) is 59.5 Å². The van der Waals surface area contributed by atoms with E-state index in [1.54, 1.807) is 41.4 Å². The number of nitrogens with zero attached hydrogens (tertiary/aromatic N) is 3. The minimum Gasteiger partial charge on any atom is -0.443 e. The minimum atomic E-state index is -0.679. The van der Waals surface area contributed by atoms with Crippen LogP contribution in [0.4, 0.5) is 15.0 Å². The van der Waals surface area contributed by atoms with E-state index in [0.717, 1.165) is 19.3 Å². The van der Waals surface area contributed by atoms with E-state index in [0.29, 0.717) is 49.6 Å². The Morgan fingerprint density at radius 2 is 2.03 bits per heavy atom. The summed E-state index contributed by atoms with van der Waals surface area (Å²) >= 11 is 0. The maximum atomic E-state index is 14.2. The topological polar surface area (TPSA) is 93.2 Å². The molecule has 10 heteroatoms. The number of ether oxygens (including phenoxy) is 2. The first-order chi connectivity index (χ1) is 18.7. The van der Waals surface area contributed by atoms with Crippen LogP contribution in [0, 0.1) is 5.82 Å². The molecule has 1 aromatic carbocycles. The molecular weight excluding hydrogens is 503 g/mol. The zero-order valence-electron chi connectivity index (χ0n) is 22.8. The smallest absolute Gasteiger partial charge is 0.416 e. The van der Waals surface area contributed by atoms with Crippen molar-refractivity contribution < 1.29 is 28.3 Å². The Labute approximate surface area is 228 Å². The van der Waals surface area contributed by atoms with Crippen molar-refractivity contribution in [2.75, 3.05) is 24.6 Å². The number of anilines is 1. The number of pyridine rings is 1. The summed E-state index contributed by atoms with van der Waals surface area (Å²) in [4.78, 5) is 38.9. The van der Waals surface area contributed by atoms with Gasteiger partial charge in [0, 0.05) is 50.5 Å². The highest BCUT2D eigenvalue weighted by atomic mass is 19.1. The van der Waals surface area contributed by atoms with E-state index in [1.165, 1.54) is 12.1 Å². The molecule has 2 aliphatic heterocycles. The summed E-state index contributed by atoms with van der Waals surface area (Å²) in [5.74, 6) is -0.205. The molecule has 1 aromatic heterocycles. The Morgan fingerprint density at radius 3 is 2.72 bits per heavy atom. The molecule has 2 atom stereocenters. The summed E-state index contributed by atoms with van der Waals surface area (Å²) < 4.78 is 25.3. The summed E-state index contributed by atoms with van der Waals surface area (Å²) in [5, 5.41) is 0. The van der Waals surface area contributed by atoms with Crippen LogP contribution >= 0.6 is 0 Å². The maximum absolute atomic E-state index is 14.2. The average Bonchev–Trinajstić information content (AvgIpc) is 3.36. The van der Waals surface area contributed by atoms with Crippen LogP contribution in [0.1, 0.15) is 57.6 Å². The van der Waals surface area contributed by atoms with E-state index in [-0.39, 0.29) is 11.9 Å². The highest BCUT2D eigenvalue weighted by Crippen LogP contribution is 2.26. The zero-order chi connectivity index (χ0) is 27.8. The van der Waals surface area contributed by atoms with Crippen LogP contribution < -0.4 is 10.4 Å². The normalized spacial score (nSPS) is 20.2. The molecule has 0 aliphatic carbocycles. The van der Waals surface area contributed by atoms with Gasteiger partial charge in [-0.2, -0.15) is 0 Å². The van der Waals surface area contributed by atoms with E-state index < -0.39 is 23.9 Å². The Bertz CT molecular complexity index is 1150. The van der Waals surface area contributed by atoms with Crippen molar-refractivity contribution in [1.82, 2.24) is 15.4 Å². The van der Waals surface area contributed by atoms with Gasteiger partial charge >= 0.3 is 6.09 Å². The molecule has 0 bridgehead atoms. The van der Waals surface area contributed by atoms with Crippen LogP contribution in [0.5, 0.6) is 0 Å². The summed E-state index contributed by atoms with van der Waals surface area (Å²) in [6.07, 6.45) is 7.07. The van der Waals surface area contributed by atoms with Crippen molar-refractivity contribution in [1.29, 1.82) is 0 Å². The second kappa shape index (κ2) is 13.1. The van der Waals surface area contributed by atoms with E-state index in [2.05, 4.69) is 15.4 Å². The molecule has 3 heterocycles. The molecule has 1 N–H and O–H groups in total. The average molecular weight is 541 g/mol. The van der Waals surface area contributed by atoms with Gasteiger partial charge in [0.2, 0.25) is 0 Å². The predicted molar refractivity (Wildman–Crippen MR) is 145 cm³/mol. The van der Waals surface area contributed by atoms with Crippen LogP contribution in [0.3, 0.4) is 0 Å². The van der Waals surface area contributed by atoms with Gasteiger partial charge in [-0.05, 0) is 69.9 Å². The number of hydroxylamine groups is 1. The van der Waals surface area contributed by atoms with Crippen molar-refractivity contribution in [3.63, 3.8) is 0 Å². The fourth-order valence-electron chi connectivity index (χ4n) is 4.55. The number of aromatic nitrogens is 1. The highest BCUT2D eigenvalue weighted by molar-refractivity contribution is 5.91. The number of amides is 2. The maximum Gasteiger partial charge on any atom is 0.416 e. The van der Waals surface area contributed by atoms with Crippen molar-refractivity contribution in [3.05, 3.63) is 65.6 Å². The lowest BCUT2D eigenvalue weighted by atomic mass is 10.2. The molecule has 2 saturated heterocycles. The number of carbonyl (C=O) groups excluding carboxylic acids is 2. The lowest BCUT2D eigenvalue weighted by molar-refractivity contribution is -0.198. The standard InChI is InChI=1S/C29H37FN4O5/c1-29(2,3)38-28(36)34(23-15-16-33(20-23)19-22-8-4-5-9-24(22)30)25-13-11-21(18-31-25)12-14-26(35)32-39-27-10-6-7-17-37-27/h4-5,8-9,11-14,18,23,27H,6-7,10,15-17,19-20H2,1-3H3,(H,32,35)/t23-,27?/m1/s1. The lowest BCUT2D eigenvalue weighted by Gasteiger charge is -2.31. The Kier molecular flexibility index (Phi) is 9.66. The van der Waals surface area contributed by atoms with E-state index in [1.807, 2.05) is 26.8 Å². The third-order valence-corrected chi connectivity index (χ3v) is 6.43. The van der Waals surface area contributed by atoms with Gasteiger partial charge in [0.1, 0.15) is 17.2 Å². The molecule has 39 heavy (non-hydrogen) atoms. The van der Waals surface area contributed by atoms with E-state index >= 15 is 0 Å². The molecule has 0 radical (unpaired) electrons. The molecule has 2 fully saturated rings. The Hall–Kier alpha value is -3.34. The number of likely N-dealkylation sites (tertiary alicyclic amines) is 1. The van der Waals surface area contributed by atoms with Crippen LogP contribution in [-0.2, 0) is 25.7 Å². The van der Waals surface area contributed by atoms with Crippen molar-refractivity contribution in [2.45, 2.75) is 70.9 Å². The number of rotatable bonds is 8. The lowest BCUT2D eigenvalue weighted by Crippen LogP contribution is -2.45. The van der Waals surface area contributed by atoms with Crippen LogP contribution in [0.25, 0.3) is 6.08 Å². The monoisotopic (exact) mass is 540 g/mol. The van der Waals surface area contributed by atoms with Crippen molar-refractivity contribution in [3.8, 4) is 0 Å². The molecule has 9 nitrogen and oxygen atoms in total. The van der Waals surface area contributed by atoms with Crippen molar-refractivity contribution >= 4 is 23.9 Å². The third kappa shape index (κ3) is 8.58. The second-order valence-electron chi connectivity index (χ2n) is 10.8. The summed E-state index contributed by atoms with van der Waals surface area (Å²) in [5.41, 5.74) is 3.01. The second-order valence-corrected chi connectivity index (χ2v) is 10.8. The van der Waals surface area contributed by atoms with Gasteiger partial charge < -0.3 is 9.47 Å². The number of nitrogens with one attached hydrogen (secondary N) is 1. The minimum absolute atomic E-state index is 0.189. The van der Waals surface area contributed by atoms with Gasteiger partial charge in [-0.3, -0.25) is 14.6 Å². The molecule has 2 aromatic rings. The largest absolute Gasteiger partial charge is 0.443 e. The van der Waals surface area contributed by atoms with Crippen LogP contribution in [0.2, 0.25) is 0 Å². The molecule has 2 aliphatic rings. The Morgan fingerprint density at radius 1 is 1.21 bits per heavy atom. The van der Waals surface area contributed by atoms with Crippen LogP contribution in [0.15, 0.2) is 48.7 Å². The summed E-state index contributed by atoms with van der Waals surface area (Å²) in [6.45, 7) is 7.81. The SMILES string of the molecule is CC(C)(C)OC(=O)N(c1ccc(C=CC(=O)NOC2CCCCO2)cn1)[C@@H]1CCN(Cc2ccccc2F)C1. The van der Waals surface area contributed by atoms with E-state index in [9.17, 15) is 14.0 Å². The number of benzene rings is 1. The fraction of sp³-hybridized carbons (Fsp3) is 0.483. The molecule has 210 valence electrons. The highest BCUT2D eigenvalue weighted by Gasteiger charge is 2.35. The molecule has 4 rings (SSSR count). The van der Waals surface area contributed by atoms with Gasteiger partial charge in [0.25, 0.3) is 5.91 Å². The Balaban J connectivity index is 1.41. The van der Waals surface area contributed by atoms with Gasteiger partial charge in [-0.1, -0.05) is 18.2 Å². The first-order valence-electron chi connectivity index (χ1n) is 13.4. The number of halogens is 1. The first kappa shape index (κ1) is 28.7. The number of hydrogen-bond acceptors (Lipinski definition) is 7. The summed E-state index contributed by atoms with van der Waals surface area (Å²) in [7, 11) is 0.